The summed E-state index contributed by atoms with van der Waals surface area (Å²) in [6.07, 6.45) is 2.33. The fraction of sp³-hybridized carbons (Fsp3) is 0.571. The molecule has 1 atom stereocenters. The van der Waals surface area contributed by atoms with Gasteiger partial charge in [0, 0.05) is 30.4 Å². The number of nitrogens with zero attached hydrogens (tertiary/aromatic N) is 1. The average Bonchev–Trinajstić information content (AvgIpc) is 2.33. The van der Waals surface area contributed by atoms with Crippen molar-refractivity contribution in [2.75, 3.05) is 25.9 Å². The van der Waals surface area contributed by atoms with Crippen LogP contribution in [0.1, 0.15) is 25.3 Å². The first-order valence-electron chi connectivity index (χ1n) is 6.34. The van der Waals surface area contributed by atoms with Crippen LogP contribution in [0.2, 0.25) is 0 Å². The number of halogens is 1. The fourth-order valence-corrected chi connectivity index (χ4v) is 3.06. The van der Waals surface area contributed by atoms with Crippen LogP contribution in [0.15, 0.2) is 22.7 Å². The van der Waals surface area contributed by atoms with Crippen LogP contribution in [0.25, 0.3) is 0 Å². The van der Waals surface area contributed by atoms with Crippen molar-refractivity contribution in [3.63, 3.8) is 0 Å². The molecule has 0 saturated carbocycles. The molecule has 4 heteroatoms. The summed E-state index contributed by atoms with van der Waals surface area (Å²) in [5.74, 6) is 0. The number of nitrogen functional groups attached to an aromatic ring is 1. The Morgan fingerprint density at radius 3 is 2.94 bits per heavy atom. The molecule has 0 aliphatic carbocycles. The van der Waals surface area contributed by atoms with Gasteiger partial charge in [-0.05, 0) is 44.0 Å². The second-order valence-electron chi connectivity index (χ2n) is 5.32. The zero-order valence-corrected chi connectivity index (χ0v) is 12.7. The highest BCUT2D eigenvalue weighted by Gasteiger charge is 2.30. The molecule has 3 nitrogen and oxygen atoms in total. The van der Waals surface area contributed by atoms with Crippen LogP contribution in [-0.4, -0.2) is 30.7 Å². The molecule has 1 heterocycles. The van der Waals surface area contributed by atoms with E-state index in [0.29, 0.717) is 0 Å². The topological polar surface area (TPSA) is 38.5 Å². The van der Waals surface area contributed by atoms with Crippen molar-refractivity contribution in [2.45, 2.75) is 31.9 Å². The lowest BCUT2D eigenvalue weighted by molar-refractivity contribution is -0.0527. The van der Waals surface area contributed by atoms with E-state index in [0.717, 1.165) is 36.2 Å². The lowest BCUT2D eigenvalue weighted by Crippen LogP contribution is -2.46. The van der Waals surface area contributed by atoms with Gasteiger partial charge in [-0.1, -0.05) is 22.0 Å². The molecule has 1 aromatic carbocycles. The van der Waals surface area contributed by atoms with Crippen LogP contribution in [-0.2, 0) is 11.3 Å². The van der Waals surface area contributed by atoms with Gasteiger partial charge in [0.05, 0.1) is 5.60 Å². The Labute approximate surface area is 117 Å². The summed E-state index contributed by atoms with van der Waals surface area (Å²) >= 11 is 3.58. The predicted octanol–water partition coefficient (Wildman–Crippen LogP) is 3.03. The first-order chi connectivity index (χ1) is 8.52. The first-order valence-corrected chi connectivity index (χ1v) is 7.13. The highest BCUT2D eigenvalue weighted by atomic mass is 79.9. The zero-order chi connectivity index (χ0) is 13.2. The van der Waals surface area contributed by atoms with Crippen molar-refractivity contribution in [1.82, 2.24) is 4.90 Å². The van der Waals surface area contributed by atoms with Crippen LogP contribution in [0, 0.1) is 0 Å². The van der Waals surface area contributed by atoms with Crippen LogP contribution in [0.5, 0.6) is 0 Å². The standard InChI is InChI=1S/C14H21BrN2O/c1-14(18-2)6-3-7-17(10-14)9-11-4-5-12(16)8-13(11)15/h4-5,8H,3,6-7,9-10,16H2,1-2H3. The maximum atomic E-state index is 5.76. The van der Waals surface area contributed by atoms with E-state index in [1.807, 2.05) is 19.2 Å². The highest BCUT2D eigenvalue weighted by Crippen LogP contribution is 2.27. The number of benzene rings is 1. The lowest BCUT2D eigenvalue weighted by Gasteiger charge is -2.39. The van der Waals surface area contributed by atoms with Crippen molar-refractivity contribution < 1.29 is 4.74 Å². The van der Waals surface area contributed by atoms with E-state index in [4.69, 9.17) is 10.5 Å². The summed E-state index contributed by atoms with van der Waals surface area (Å²) < 4.78 is 6.71. The van der Waals surface area contributed by atoms with Crippen LogP contribution >= 0.6 is 15.9 Å². The number of methoxy groups -OCH3 is 1. The Balaban J connectivity index is 2.05. The summed E-state index contributed by atoms with van der Waals surface area (Å²) in [6, 6.07) is 6.02. The number of hydrogen-bond donors (Lipinski definition) is 1. The maximum absolute atomic E-state index is 5.76. The Kier molecular flexibility index (Phi) is 4.30. The summed E-state index contributed by atoms with van der Waals surface area (Å²) in [7, 11) is 1.81. The summed E-state index contributed by atoms with van der Waals surface area (Å²) in [6.45, 7) is 5.26. The Bertz CT molecular complexity index is 424. The highest BCUT2D eigenvalue weighted by molar-refractivity contribution is 9.10. The molecule has 0 radical (unpaired) electrons. The number of nitrogens with two attached hydrogens (primary N) is 1. The van der Waals surface area contributed by atoms with Gasteiger partial charge in [-0.25, -0.2) is 0 Å². The lowest BCUT2D eigenvalue weighted by atomic mass is 9.94. The molecule has 100 valence electrons. The number of anilines is 1. The molecule has 1 fully saturated rings. The average molecular weight is 313 g/mol. The van der Waals surface area contributed by atoms with Gasteiger partial charge in [-0.15, -0.1) is 0 Å². The van der Waals surface area contributed by atoms with Crippen molar-refractivity contribution in [3.05, 3.63) is 28.2 Å². The second kappa shape index (κ2) is 5.59. The third-order valence-corrected chi connectivity index (χ3v) is 4.44. The Morgan fingerprint density at radius 2 is 2.28 bits per heavy atom. The van der Waals surface area contributed by atoms with E-state index in [9.17, 15) is 0 Å². The van der Waals surface area contributed by atoms with E-state index < -0.39 is 0 Å². The van der Waals surface area contributed by atoms with Gasteiger partial charge in [-0.3, -0.25) is 4.90 Å². The molecule has 1 aliphatic rings. The summed E-state index contributed by atoms with van der Waals surface area (Å²) in [5, 5.41) is 0. The quantitative estimate of drug-likeness (QED) is 0.872. The predicted molar refractivity (Wildman–Crippen MR) is 78.5 cm³/mol. The second-order valence-corrected chi connectivity index (χ2v) is 6.17. The van der Waals surface area contributed by atoms with Crippen LogP contribution in [0.4, 0.5) is 5.69 Å². The zero-order valence-electron chi connectivity index (χ0n) is 11.1. The maximum Gasteiger partial charge on any atom is 0.0777 e. The Morgan fingerprint density at radius 1 is 1.50 bits per heavy atom. The van der Waals surface area contributed by atoms with Gasteiger partial charge in [-0.2, -0.15) is 0 Å². The molecular weight excluding hydrogens is 292 g/mol. The molecule has 0 spiro atoms. The number of rotatable bonds is 3. The number of ether oxygens (including phenoxy) is 1. The number of likely N-dealkylation sites (tertiary alicyclic amines) is 1. The SMILES string of the molecule is COC1(C)CCCN(Cc2ccc(N)cc2Br)C1. The monoisotopic (exact) mass is 312 g/mol. The van der Waals surface area contributed by atoms with Crippen LogP contribution < -0.4 is 5.73 Å². The van der Waals surface area contributed by atoms with Crippen molar-refractivity contribution in [2.24, 2.45) is 0 Å². The molecule has 2 N–H and O–H groups in total. The van der Waals surface area contributed by atoms with Gasteiger partial charge in [0.1, 0.15) is 0 Å². The molecule has 1 unspecified atom stereocenters. The summed E-state index contributed by atoms with van der Waals surface area (Å²) in [5.41, 5.74) is 7.84. The number of hydrogen-bond acceptors (Lipinski definition) is 3. The molecule has 0 bridgehead atoms. The van der Waals surface area contributed by atoms with E-state index in [2.05, 4.69) is 33.8 Å². The minimum Gasteiger partial charge on any atom is -0.399 e. The molecule has 18 heavy (non-hydrogen) atoms. The molecule has 0 amide bonds. The Hall–Kier alpha value is -0.580. The smallest absolute Gasteiger partial charge is 0.0777 e. The molecule has 1 saturated heterocycles. The van der Waals surface area contributed by atoms with Gasteiger partial charge in [0.15, 0.2) is 0 Å². The molecule has 0 aromatic heterocycles. The first kappa shape index (κ1) is 13.8. The summed E-state index contributed by atoms with van der Waals surface area (Å²) in [4.78, 5) is 2.45. The van der Waals surface area contributed by atoms with E-state index >= 15 is 0 Å². The minimum absolute atomic E-state index is 0.00145. The van der Waals surface area contributed by atoms with Crippen molar-refractivity contribution in [1.29, 1.82) is 0 Å². The fourth-order valence-electron chi connectivity index (χ4n) is 2.54. The van der Waals surface area contributed by atoms with E-state index in [-0.39, 0.29) is 5.60 Å². The van der Waals surface area contributed by atoms with Gasteiger partial charge in [0.25, 0.3) is 0 Å². The minimum atomic E-state index is -0.00145. The number of piperidine rings is 1. The molecule has 2 rings (SSSR count). The van der Waals surface area contributed by atoms with E-state index in [1.54, 1.807) is 0 Å². The molecule has 1 aliphatic heterocycles. The van der Waals surface area contributed by atoms with Crippen molar-refractivity contribution >= 4 is 21.6 Å². The molecule has 1 aromatic rings. The largest absolute Gasteiger partial charge is 0.399 e. The normalized spacial score (nSPS) is 25.3. The van der Waals surface area contributed by atoms with Crippen molar-refractivity contribution in [3.8, 4) is 0 Å². The van der Waals surface area contributed by atoms with E-state index in [1.165, 1.54) is 12.0 Å². The molecular formula is C14H21BrN2O. The van der Waals surface area contributed by atoms with Gasteiger partial charge >= 0.3 is 0 Å². The van der Waals surface area contributed by atoms with Gasteiger partial charge in [0.2, 0.25) is 0 Å². The third-order valence-electron chi connectivity index (χ3n) is 3.70. The van der Waals surface area contributed by atoms with Gasteiger partial charge < -0.3 is 10.5 Å². The third kappa shape index (κ3) is 3.25. The van der Waals surface area contributed by atoms with Crippen LogP contribution in [0.3, 0.4) is 0 Å².